The monoisotopic (exact) mass is 518 g/mol. The van der Waals surface area contributed by atoms with Gasteiger partial charge in [-0.05, 0) is 39.0 Å². The number of esters is 1. The minimum atomic E-state index is -1.72. The van der Waals surface area contributed by atoms with Crippen molar-refractivity contribution in [3.05, 3.63) is 12.2 Å². The van der Waals surface area contributed by atoms with Crippen molar-refractivity contribution >= 4 is 5.97 Å². The predicted octanol–water partition coefficient (Wildman–Crippen LogP) is 2.74. The molecule has 36 heavy (non-hydrogen) atoms. The first-order chi connectivity index (χ1) is 17.3. The highest BCUT2D eigenvalue weighted by atomic mass is 16.7. The fourth-order valence-corrected chi connectivity index (χ4v) is 4.09. The number of rotatable bonds is 21. The second-order valence-corrected chi connectivity index (χ2v) is 9.85. The normalized spacial score (nSPS) is 22.4. The smallest absolute Gasteiger partial charge is 0.306 e. The van der Waals surface area contributed by atoms with E-state index in [0.29, 0.717) is 6.42 Å². The van der Waals surface area contributed by atoms with Crippen molar-refractivity contribution in [1.29, 1.82) is 0 Å². The fourth-order valence-electron chi connectivity index (χ4n) is 4.09. The number of allylic oxidation sites excluding steroid dienone is 1. The lowest BCUT2D eigenvalue weighted by molar-refractivity contribution is -0.213. The molecule has 7 atom stereocenters. The molecule has 0 spiro atoms. The van der Waals surface area contributed by atoms with Crippen LogP contribution in [0.5, 0.6) is 0 Å². The molecule has 0 saturated carbocycles. The van der Waals surface area contributed by atoms with Gasteiger partial charge >= 0.3 is 5.97 Å². The number of hydrogen-bond donors (Lipinski definition) is 5. The molecular weight excluding hydrogens is 468 g/mol. The molecule has 1 aliphatic rings. The summed E-state index contributed by atoms with van der Waals surface area (Å²) in [4.78, 5) is 12.4. The summed E-state index contributed by atoms with van der Waals surface area (Å²) in [5, 5.41) is 49.1. The molecule has 0 bridgehead atoms. The van der Waals surface area contributed by atoms with Gasteiger partial charge in [-0.1, -0.05) is 64.0 Å². The van der Waals surface area contributed by atoms with Gasteiger partial charge in [-0.25, -0.2) is 0 Å². The van der Waals surface area contributed by atoms with Crippen molar-refractivity contribution in [1.82, 2.24) is 0 Å². The SMILES string of the molecule is CCCCCC[C@@H](O)C/C=C\CCCCCCCC(=O)O[C@@H](C1OCC(C)O1)[C@@H](O)[C@H](O)[C@H](O)CO. The van der Waals surface area contributed by atoms with E-state index in [1.165, 1.54) is 19.3 Å². The molecule has 5 N–H and O–H groups in total. The number of unbranched alkanes of at least 4 members (excludes halogenated alkanes) is 8. The first kappa shape index (κ1) is 33.0. The Bertz CT molecular complexity index is 586. The van der Waals surface area contributed by atoms with Crippen LogP contribution in [0.25, 0.3) is 0 Å². The second kappa shape index (κ2) is 20.0. The molecule has 0 aliphatic carbocycles. The van der Waals surface area contributed by atoms with Gasteiger partial charge in [0.15, 0.2) is 12.4 Å². The second-order valence-electron chi connectivity index (χ2n) is 9.85. The van der Waals surface area contributed by atoms with Crippen LogP contribution in [0.1, 0.15) is 97.3 Å². The predicted molar refractivity (Wildman–Crippen MR) is 136 cm³/mol. The van der Waals surface area contributed by atoms with Gasteiger partial charge in [0.05, 0.1) is 25.4 Å². The molecule has 1 saturated heterocycles. The Morgan fingerprint density at radius 2 is 1.67 bits per heavy atom. The number of hydrogen-bond acceptors (Lipinski definition) is 9. The van der Waals surface area contributed by atoms with Crippen LogP contribution in [-0.4, -0.2) is 87.6 Å². The minimum absolute atomic E-state index is 0.153. The molecule has 0 aromatic heterocycles. The summed E-state index contributed by atoms with van der Waals surface area (Å²) in [5.74, 6) is -0.548. The molecule has 2 unspecified atom stereocenters. The molecule has 1 aliphatic heterocycles. The van der Waals surface area contributed by atoms with Crippen LogP contribution in [0.3, 0.4) is 0 Å². The first-order valence-electron chi connectivity index (χ1n) is 13.7. The standard InChI is InChI=1S/C27H50O9/c1-3-4-5-12-15-21(29)16-13-10-8-6-7-9-11-14-17-23(31)36-26(27-34-19-20(2)35-27)25(33)24(32)22(30)18-28/h10,13,20-22,24-30,32-33H,3-9,11-12,14-19H2,1-2H3/b13-10-/t20?,21-,22-,24-,25+,26-,27?/m1/s1. The molecule has 0 radical (unpaired) electrons. The number of aliphatic hydroxyl groups is 5. The number of carbonyl (C=O) groups excluding carboxylic acids is 1. The van der Waals surface area contributed by atoms with Crippen LogP contribution < -0.4 is 0 Å². The Balaban J connectivity index is 2.21. The van der Waals surface area contributed by atoms with Crippen molar-refractivity contribution in [2.75, 3.05) is 13.2 Å². The summed E-state index contributed by atoms with van der Waals surface area (Å²) in [6.45, 7) is 3.44. The first-order valence-corrected chi connectivity index (χ1v) is 13.7. The van der Waals surface area contributed by atoms with E-state index in [1.807, 2.05) is 0 Å². The molecule has 0 amide bonds. The van der Waals surface area contributed by atoms with E-state index in [1.54, 1.807) is 6.92 Å². The van der Waals surface area contributed by atoms with Gasteiger partial charge < -0.3 is 39.7 Å². The van der Waals surface area contributed by atoms with E-state index < -0.39 is 43.3 Å². The largest absolute Gasteiger partial charge is 0.454 e. The average Bonchev–Trinajstić information content (AvgIpc) is 3.30. The third-order valence-electron chi connectivity index (χ3n) is 6.38. The summed E-state index contributed by atoms with van der Waals surface area (Å²) in [6.07, 6.45) is 8.36. The molecule has 212 valence electrons. The molecule has 1 heterocycles. The molecule has 1 rings (SSSR count). The number of aliphatic hydroxyl groups excluding tert-OH is 5. The quantitative estimate of drug-likeness (QED) is 0.0879. The molecule has 9 heteroatoms. The van der Waals surface area contributed by atoms with Crippen molar-refractivity contribution in [2.45, 2.75) is 140 Å². The summed E-state index contributed by atoms with van der Waals surface area (Å²) >= 11 is 0. The van der Waals surface area contributed by atoms with Gasteiger partial charge in [-0.3, -0.25) is 4.79 Å². The van der Waals surface area contributed by atoms with E-state index in [0.717, 1.165) is 51.4 Å². The van der Waals surface area contributed by atoms with Crippen molar-refractivity contribution in [3.63, 3.8) is 0 Å². The van der Waals surface area contributed by atoms with Gasteiger partial charge in [0.2, 0.25) is 0 Å². The third-order valence-corrected chi connectivity index (χ3v) is 6.38. The zero-order chi connectivity index (χ0) is 26.8. The molecule has 1 fully saturated rings. The Morgan fingerprint density at radius 3 is 2.33 bits per heavy atom. The van der Waals surface area contributed by atoms with Crippen LogP contribution in [0.4, 0.5) is 0 Å². The van der Waals surface area contributed by atoms with Gasteiger partial charge in [0.1, 0.15) is 18.3 Å². The lowest BCUT2D eigenvalue weighted by Crippen LogP contribution is -2.52. The number of ether oxygens (including phenoxy) is 3. The van der Waals surface area contributed by atoms with Gasteiger partial charge in [-0.2, -0.15) is 0 Å². The topological polar surface area (TPSA) is 146 Å². The van der Waals surface area contributed by atoms with E-state index in [9.17, 15) is 25.2 Å². The Morgan fingerprint density at radius 1 is 0.972 bits per heavy atom. The Hall–Kier alpha value is -1.07. The zero-order valence-corrected chi connectivity index (χ0v) is 22.2. The van der Waals surface area contributed by atoms with E-state index >= 15 is 0 Å². The van der Waals surface area contributed by atoms with Crippen molar-refractivity contribution in [3.8, 4) is 0 Å². The van der Waals surface area contributed by atoms with Crippen LogP contribution in [0.2, 0.25) is 0 Å². The van der Waals surface area contributed by atoms with E-state index in [2.05, 4.69) is 19.1 Å². The van der Waals surface area contributed by atoms with Crippen LogP contribution in [0, 0.1) is 0 Å². The lowest BCUT2D eigenvalue weighted by atomic mass is 10.0. The highest BCUT2D eigenvalue weighted by molar-refractivity contribution is 5.69. The lowest BCUT2D eigenvalue weighted by Gasteiger charge is -2.31. The maximum absolute atomic E-state index is 12.4. The van der Waals surface area contributed by atoms with Gasteiger partial charge in [0.25, 0.3) is 0 Å². The summed E-state index contributed by atoms with van der Waals surface area (Å²) < 4.78 is 16.3. The molecule has 9 nitrogen and oxygen atoms in total. The van der Waals surface area contributed by atoms with Crippen molar-refractivity contribution < 1.29 is 44.5 Å². The summed E-state index contributed by atoms with van der Waals surface area (Å²) in [7, 11) is 0. The van der Waals surface area contributed by atoms with Crippen LogP contribution >= 0.6 is 0 Å². The molecule has 0 aromatic rings. The maximum atomic E-state index is 12.4. The fraction of sp³-hybridized carbons (Fsp3) is 0.889. The van der Waals surface area contributed by atoms with E-state index in [-0.39, 0.29) is 25.2 Å². The van der Waals surface area contributed by atoms with Crippen molar-refractivity contribution in [2.24, 2.45) is 0 Å². The minimum Gasteiger partial charge on any atom is -0.454 e. The average molecular weight is 519 g/mol. The molecule has 0 aromatic carbocycles. The number of carbonyl (C=O) groups is 1. The van der Waals surface area contributed by atoms with Gasteiger partial charge in [-0.15, -0.1) is 0 Å². The maximum Gasteiger partial charge on any atom is 0.306 e. The third kappa shape index (κ3) is 14.0. The summed E-state index contributed by atoms with van der Waals surface area (Å²) in [6, 6.07) is 0. The Labute approximate surface area is 216 Å². The van der Waals surface area contributed by atoms with E-state index in [4.69, 9.17) is 19.3 Å². The highest BCUT2D eigenvalue weighted by Gasteiger charge is 2.42. The zero-order valence-electron chi connectivity index (χ0n) is 22.2. The molecular formula is C27H50O9. The van der Waals surface area contributed by atoms with Crippen LogP contribution in [-0.2, 0) is 19.0 Å². The van der Waals surface area contributed by atoms with Gasteiger partial charge in [0, 0.05) is 6.42 Å². The Kier molecular flexibility index (Phi) is 18.3. The highest BCUT2D eigenvalue weighted by Crippen LogP contribution is 2.22. The van der Waals surface area contributed by atoms with Crippen LogP contribution in [0.15, 0.2) is 12.2 Å². The summed E-state index contributed by atoms with van der Waals surface area (Å²) in [5.41, 5.74) is 0.